The van der Waals surface area contributed by atoms with Crippen LogP contribution >= 0.6 is 0 Å². The summed E-state index contributed by atoms with van der Waals surface area (Å²) in [5.74, 6) is 0. The standard InChI is InChI=1S/C8H22O4Si3.2CH4/c1-13-11-14-12-15(2)5-3-4-9-6-8-7-10-8;;/h8,15H,3-7,13-14H2,1-2H3;2*1H4. The molecule has 0 radical (unpaired) electrons. The van der Waals surface area contributed by atoms with E-state index in [2.05, 4.69) is 13.1 Å². The average molecular weight is 299 g/mol. The molecule has 0 bridgehead atoms. The lowest BCUT2D eigenvalue weighted by Gasteiger charge is -2.11. The van der Waals surface area contributed by atoms with Crippen LogP contribution in [0.5, 0.6) is 0 Å². The number of ether oxygens (including phenoxy) is 2. The summed E-state index contributed by atoms with van der Waals surface area (Å²) in [6.07, 6.45) is 1.52. The first kappa shape index (κ1) is 19.8. The van der Waals surface area contributed by atoms with Crippen molar-refractivity contribution in [2.45, 2.75) is 46.5 Å². The largest absolute Gasteiger partial charge is 0.447 e. The fourth-order valence-electron chi connectivity index (χ4n) is 1.18. The first-order chi connectivity index (χ1) is 7.33. The Hall–Kier alpha value is 0.491. The molecule has 2 unspecified atom stereocenters. The second-order valence-electron chi connectivity index (χ2n) is 3.76. The lowest BCUT2D eigenvalue weighted by Crippen LogP contribution is -2.19. The second-order valence-corrected chi connectivity index (χ2v) is 9.74. The van der Waals surface area contributed by atoms with E-state index in [1.165, 1.54) is 6.04 Å². The van der Waals surface area contributed by atoms with E-state index in [0.717, 1.165) is 26.2 Å². The molecule has 1 heterocycles. The topological polar surface area (TPSA) is 40.2 Å². The second kappa shape index (κ2) is 12.9. The third kappa shape index (κ3) is 12.7. The van der Waals surface area contributed by atoms with Gasteiger partial charge >= 0.3 is 0 Å². The van der Waals surface area contributed by atoms with Gasteiger partial charge in [0.25, 0.3) is 10.0 Å². The molecule has 0 spiro atoms. The van der Waals surface area contributed by atoms with Crippen LogP contribution in [0.3, 0.4) is 0 Å². The number of epoxide rings is 1. The third-order valence-electron chi connectivity index (χ3n) is 2.25. The zero-order valence-corrected chi connectivity index (χ0v) is 13.7. The van der Waals surface area contributed by atoms with E-state index >= 15 is 0 Å². The molecule has 0 aromatic heterocycles. The van der Waals surface area contributed by atoms with Crippen LogP contribution in [-0.2, 0) is 17.7 Å². The van der Waals surface area contributed by atoms with E-state index in [-0.39, 0.29) is 24.6 Å². The molecule has 1 fully saturated rings. The van der Waals surface area contributed by atoms with Gasteiger partial charge in [-0.1, -0.05) is 21.4 Å². The highest BCUT2D eigenvalue weighted by Crippen LogP contribution is 2.09. The Morgan fingerprint density at radius 1 is 1.41 bits per heavy atom. The van der Waals surface area contributed by atoms with Crippen LogP contribution in [-0.4, -0.2) is 54.7 Å². The van der Waals surface area contributed by atoms with E-state index in [1.54, 1.807) is 0 Å². The minimum Gasteiger partial charge on any atom is -0.447 e. The molecule has 1 rings (SSSR count). The highest BCUT2D eigenvalue weighted by Gasteiger charge is 2.21. The third-order valence-corrected chi connectivity index (χ3v) is 8.59. The molecule has 2 atom stereocenters. The molecule has 0 aliphatic carbocycles. The molecule has 0 saturated carbocycles. The quantitative estimate of drug-likeness (QED) is 0.336. The molecule has 1 aliphatic heterocycles. The molecule has 0 aromatic carbocycles. The summed E-state index contributed by atoms with van der Waals surface area (Å²) in [4.78, 5) is 0. The van der Waals surface area contributed by atoms with Gasteiger partial charge in [-0.25, -0.2) is 0 Å². The van der Waals surface area contributed by atoms with Gasteiger partial charge < -0.3 is 17.7 Å². The summed E-state index contributed by atoms with van der Waals surface area (Å²) in [6, 6.07) is 1.20. The number of hydrogen-bond acceptors (Lipinski definition) is 4. The number of hydrogen-bond donors (Lipinski definition) is 0. The summed E-state index contributed by atoms with van der Waals surface area (Å²) < 4.78 is 21.7. The Morgan fingerprint density at radius 2 is 2.12 bits per heavy atom. The van der Waals surface area contributed by atoms with Crippen molar-refractivity contribution < 1.29 is 17.7 Å². The van der Waals surface area contributed by atoms with Gasteiger partial charge in [0.05, 0.1) is 13.2 Å². The molecule has 17 heavy (non-hydrogen) atoms. The predicted octanol–water partition coefficient (Wildman–Crippen LogP) is 0.582. The van der Waals surface area contributed by atoms with Gasteiger partial charge in [0.2, 0.25) is 0 Å². The smallest absolute Gasteiger partial charge is 0.283 e. The molecule has 0 amide bonds. The SMILES string of the molecule is C.C.C[SiH2]O[SiH2]O[SiH](C)CCCOCC1CO1. The molecule has 4 nitrogen and oxygen atoms in total. The molecule has 0 N–H and O–H groups in total. The van der Waals surface area contributed by atoms with Crippen LogP contribution in [0.4, 0.5) is 0 Å². The Labute approximate surface area is 113 Å². The van der Waals surface area contributed by atoms with Gasteiger partial charge in [0.15, 0.2) is 9.04 Å². The van der Waals surface area contributed by atoms with E-state index in [0.29, 0.717) is 6.10 Å². The monoisotopic (exact) mass is 298 g/mol. The Kier molecular flexibility index (Phi) is 15.1. The highest BCUT2D eigenvalue weighted by atomic mass is 28.4. The zero-order valence-electron chi connectivity index (χ0n) is 9.74. The lowest BCUT2D eigenvalue weighted by atomic mass is 10.5. The predicted molar refractivity (Wildman–Crippen MR) is 81.6 cm³/mol. The number of rotatable bonds is 10. The Bertz CT molecular complexity index is 158. The van der Waals surface area contributed by atoms with E-state index < -0.39 is 19.0 Å². The van der Waals surface area contributed by atoms with Crippen molar-refractivity contribution >= 4 is 28.8 Å². The summed E-state index contributed by atoms with van der Waals surface area (Å²) in [7, 11) is -1.79. The van der Waals surface area contributed by atoms with Crippen LogP contribution in [0, 0.1) is 0 Å². The maximum Gasteiger partial charge on any atom is 0.283 e. The fraction of sp³-hybridized carbons (Fsp3) is 1.00. The lowest BCUT2D eigenvalue weighted by molar-refractivity contribution is 0.116. The van der Waals surface area contributed by atoms with Crippen LogP contribution in [0.1, 0.15) is 21.3 Å². The average Bonchev–Trinajstić information content (AvgIpc) is 3.02. The first-order valence-electron chi connectivity index (χ1n) is 5.71. The highest BCUT2D eigenvalue weighted by molar-refractivity contribution is 6.57. The van der Waals surface area contributed by atoms with Gasteiger partial charge in [-0.3, -0.25) is 0 Å². The summed E-state index contributed by atoms with van der Waals surface area (Å²) >= 11 is 0. The molecule has 0 aromatic rings. The Balaban J connectivity index is 0. The molecule has 106 valence electrons. The van der Waals surface area contributed by atoms with Gasteiger partial charge in [0, 0.05) is 6.61 Å². The normalized spacial score (nSPS) is 20.5. The van der Waals surface area contributed by atoms with Crippen molar-refractivity contribution in [3.8, 4) is 0 Å². The van der Waals surface area contributed by atoms with Crippen LogP contribution in [0.2, 0.25) is 19.1 Å². The Morgan fingerprint density at radius 3 is 2.71 bits per heavy atom. The molecular weight excluding hydrogens is 268 g/mol. The van der Waals surface area contributed by atoms with Crippen LogP contribution in [0.15, 0.2) is 0 Å². The minimum atomic E-state index is -0.938. The van der Waals surface area contributed by atoms with Gasteiger partial charge in [-0.2, -0.15) is 0 Å². The van der Waals surface area contributed by atoms with Crippen LogP contribution < -0.4 is 0 Å². The minimum absolute atomic E-state index is 0. The van der Waals surface area contributed by atoms with E-state index in [9.17, 15) is 0 Å². The maximum absolute atomic E-state index is 5.73. The van der Waals surface area contributed by atoms with Crippen LogP contribution in [0.25, 0.3) is 0 Å². The summed E-state index contributed by atoms with van der Waals surface area (Å²) in [5.41, 5.74) is 0. The van der Waals surface area contributed by atoms with Crippen molar-refractivity contribution in [2.75, 3.05) is 19.8 Å². The zero-order chi connectivity index (χ0) is 10.9. The van der Waals surface area contributed by atoms with Crippen molar-refractivity contribution in [3.05, 3.63) is 0 Å². The summed E-state index contributed by atoms with van der Waals surface area (Å²) in [6.45, 7) is 6.91. The first-order valence-corrected chi connectivity index (χ1v) is 11.3. The molecule has 1 aliphatic rings. The molecular formula is C10H30O4Si3. The fourth-order valence-corrected chi connectivity index (χ4v) is 5.44. The van der Waals surface area contributed by atoms with Crippen molar-refractivity contribution in [2.24, 2.45) is 0 Å². The van der Waals surface area contributed by atoms with Gasteiger partial charge in [-0.15, -0.1) is 0 Å². The van der Waals surface area contributed by atoms with E-state index in [1.807, 2.05) is 0 Å². The van der Waals surface area contributed by atoms with Gasteiger partial charge in [0.1, 0.15) is 15.9 Å². The van der Waals surface area contributed by atoms with Crippen molar-refractivity contribution in [3.63, 3.8) is 0 Å². The van der Waals surface area contributed by atoms with Crippen molar-refractivity contribution in [1.82, 2.24) is 0 Å². The maximum atomic E-state index is 5.73. The van der Waals surface area contributed by atoms with E-state index in [4.69, 9.17) is 17.7 Å². The molecule has 7 heteroatoms. The van der Waals surface area contributed by atoms with Crippen molar-refractivity contribution in [1.29, 1.82) is 0 Å². The van der Waals surface area contributed by atoms with Gasteiger partial charge in [-0.05, 0) is 19.0 Å². The molecule has 1 saturated heterocycles. The summed E-state index contributed by atoms with van der Waals surface area (Å²) in [5, 5.41) is 0.